The van der Waals surface area contributed by atoms with Crippen molar-refractivity contribution in [3.05, 3.63) is 52.3 Å². The van der Waals surface area contributed by atoms with E-state index in [-0.39, 0.29) is 0 Å². The summed E-state index contributed by atoms with van der Waals surface area (Å²) in [6, 6.07) is 2.25. The minimum absolute atomic E-state index is 0.937. The molecule has 1 aromatic heterocycles. The molecule has 0 spiro atoms. The minimum Gasteiger partial charge on any atom is -0.383 e. The Morgan fingerprint density at radius 3 is 2.52 bits per heavy atom. The van der Waals surface area contributed by atoms with E-state index in [0.717, 1.165) is 35.2 Å². The maximum Gasteiger partial charge on any atom is 0.0775 e. The molecule has 0 bridgehead atoms. The summed E-state index contributed by atoms with van der Waals surface area (Å²) in [4.78, 5) is 6.13. The Morgan fingerprint density at radius 2 is 2.00 bits per heavy atom. The van der Waals surface area contributed by atoms with Crippen LogP contribution in [-0.4, -0.2) is 12.0 Å². The van der Waals surface area contributed by atoms with Gasteiger partial charge >= 0.3 is 0 Å². The number of allylic oxidation sites excluding steroid dienone is 2. The third kappa shape index (κ3) is 5.24. The number of aryl methyl sites for hydroxylation is 2. The summed E-state index contributed by atoms with van der Waals surface area (Å²) in [7, 11) is 1.90. The smallest absolute Gasteiger partial charge is 0.0775 e. The lowest BCUT2D eigenvalue weighted by Crippen LogP contribution is -2.05. The number of rotatable bonds is 9. The normalized spacial score (nSPS) is 13.5. The van der Waals surface area contributed by atoms with Crippen LogP contribution in [0, 0.1) is 12.8 Å². The van der Waals surface area contributed by atoms with E-state index in [0.29, 0.717) is 0 Å². The van der Waals surface area contributed by atoms with E-state index in [4.69, 9.17) is 4.98 Å². The van der Waals surface area contributed by atoms with Crippen LogP contribution in [-0.2, 0) is 6.42 Å². The third-order valence-corrected chi connectivity index (χ3v) is 6.03. The lowest BCUT2D eigenvalue weighted by atomic mass is 9.93. The largest absolute Gasteiger partial charge is 0.383 e. The molecule has 0 aliphatic heterocycles. The highest BCUT2D eigenvalue weighted by atomic mass is 32.2. The molecule has 3 heteroatoms. The van der Waals surface area contributed by atoms with Crippen molar-refractivity contribution in [2.45, 2.75) is 59.8 Å². The lowest BCUT2D eigenvalue weighted by Gasteiger charge is -2.18. The Hall–Kier alpha value is -1.48. The molecule has 2 nitrogen and oxygen atoms in total. The monoisotopic (exact) mass is 356 g/mol. The molecular formula is C22H32N2S. The zero-order valence-corrected chi connectivity index (χ0v) is 17.3. The van der Waals surface area contributed by atoms with Crippen LogP contribution < -0.4 is 5.32 Å². The van der Waals surface area contributed by atoms with Crippen molar-refractivity contribution in [2.75, 3.05) is 7.05 Å². The average molecular weight is 357 g/mol. The first-order valence-corrected chi connectivity index (χ1v) is 10.1. The van der Waals surface area contributed by atoms with E-state index in [1.807, 2.05) is 7.05 Å². The van der Waals surface area contributed by atoms with Crippen LogP contribution >= 0.6 is 11.8 Å². The number of hydrogen-bond donors (Lipinski definition) is 1. The first-order valence-electron chi connectivity index (χ1n) is 9.28. The molecule has 1 fully saturated rings. The van der Waals surface area contributed by atoms with E-state index in [9.17, 15) is 0 Å². The van der Waals surface area contributed by atoms with E-state index < -0.39 is 0 Å². The van der Waals surface area contributed by atoms with Crippen LogP contribution in [0.5, 0.6) is 0 Å². The van der Waals surface area contributed by atoms with Gasteiger partial charge in [0, 0.05) is 23.2 Å². The number of pyridine rings is 1. The predicted molar refractivity (Wildman–Crippen MR) is 113 cm³/mol. The van der Waals surface area contributed by atoms with Crippen molar-refractivity contribution < 1.29 is 0 Å². The molecule has 0 radical (unpaired) electrons. The van der Waals surface area contributed by atoms with Gasteiger partial charge in [0.25, 0.3) is 0 Å². The molecule has 2 rings (SSSR count). The summed E-state index contributed by atoms with van der Waals surface area (Å²) in [6.45, 7) is 17.1. The minimum atomic E-state index is 0.937. The van der Waals surface area contributed by atoms with Gasteiger partial charge in [0.1, 0.15) is 0 Å². The van der Waals surface area contributed by atoms with Crippen molar-refractivity contribution in [3.8, 4) is 0 Å². The third-order valence-electron chi connectivity index (χ3n) is 4.76. The molecule has 1 N–H and O–H groups in total. The summed E-state index contributed by atoms with van der Waals surface area (Å²) >= 11 is 1.66. The zero-order valence-electron chi connectivity index (χ0n) is 16.5. The van der Waals surface area contributed by atoms with Gasteiger partial charge in [-0.05, 0) is 63.2 Å². The Morgan fingerprint density at radius 1 is 1.32 bits per heavy atom. The Bertz CT molecular complexity index is 692. The highest BCUT2D eigenvalue weighted by molar-refractivity contribution is 8.11. The van der Waals surface area contributed by atoms with Crippen molar-refractivity contribution in [1.82, 2.24) is 10.3 Å². The van der Waals surface area contributed by atoms with E-state index in [1.54, 1.807) is 11.8 Å². The number of nitrogens with zero attached hydrogens (tertiary/aromatic N) is 1. The fourth-order valence-corrected chi connectivity index (χ4v) is 3.87. The van der Waals surface area contributed by atoms with Crippen LogP contribution in [0.15, 0.2) is 29.8 Å². The van der Waals surface area contributed by atoms with E-state index in [2.05, 4.69) is 52.2 Å². The van der Waals surface area contributed by atoms with Crippen LogP contribution in [0.2, 0.25) is 0 Å². The second-order valence-corrected chi connectivity index (χ2v) is 8.28. The Balaban J connectivity index is 2.34. The molecule has 1 saturated carbocycles. The molecule has 1 aliphatic carbocycles. The molecule has 25 heavy (non-hydrogen) atoms. The second-order valence-electron chi connectivity index (χ2n) is 7.17. The highest BCUT2D eigenvalue weighted by Gasteiger charge is 2.22. The first kappa shape index (κ1) is 19.8. The molecule has 136 valence electrons. The first-order chi connectivity index (χ1) is 11.9. The van der Waals surface area contributed by atoms with Crippen molar-refractivity contribution in [1.29, 1.82) is 0 Å². The summed E-state index contributed by atoms with van der Waals surface area (Å²) in [6.07, 6.45) is 6.18. The molecule has 0 unspecified atom stereocenters. The molecule has 1 aromatic rings. The standard InChI is InChI=1S/C22H32N2S/c1-8-19-13-20(22(14(2)3)25-17(6)23-7)24-16(5)21(19)15(4)9-10-18-11-12-18/h13,18,23H,4,6,8-12H2,1-3,5,7H3. The average Bonchev–Trinajstić information content (AvgIpc) is 3.40. The Labute approximate surface area is 157 Å². The van der Waals surface area contributed by atoms with Gasteiger partial charge in [0.05, 0.1) is 10.7 Å². The van der Waals surface area contributed by atoms with Gasteiger partial charge in [0.2, 0.25) is 0 Å². The lowest BCUT2D eigenvalue weighted by molar-refractivity contribution is 0.749. The topological polar surface area (TPSA) is 24.9 Å². The molecule has 0 atom stereocenters. The summed E-state index contributed by atoms with van der Waals surface area (Å²) in [5.74, 6) is 0.940. The van der Waals surface area contributed by atoms with Crippen molar-refractivity contribution in [3.63, 3.8) is 0 Å². The van der Waals surface area contributed by atoms with Gasteiger partial charge in [-0.2, -0.15) is 0 Å². The summed E-state index contributed by atoms with van der Waals surface area (Å²) in [5.41, 5.74) is 7.32. The van der Waals surface area contributed by atoms with Gasteiger partial charge in [0.15, 0.2) is 0 Å². The fourth-order valence-electron chi connectivity index (χ4n) is 3.11. The van der Waals surface area contributed by atoms with Crippen molar-refractivity contribution in [2.24, 2.45) is 5.92 Å². The summed E-state index contributed by atoms with van der Waals surface area (Å²) < 4.78 is 0. The van der Waals surface area contributed by atoms with Gasteiger partial charge in [-0.25, -0.2) is 0 Å². The van der Waals surface area contributed by atoms with Gasteiger partial charge in [-0.15, -0.1) is 0 Å². The summed E-state index contributed by atoms with van der Waals surface area (Å²) in [5, 5.41) is 4.06. The van der Waals surface area contributed by atoms with Crippen LogP contribution in [0.25, 0.3) is 10.5 Å². The zero-order chi connectivity index (χ0) is 18.6. The van der Waals surface area contributed by atoms with Gasteiger partial charge in [-0.1, -0.05) is 50.3 Å². The maximum absolute atomic E-state index is 4.95. The number of thioether (sulfide) groups is 1. The van der Waals surface area contributed by atoms with E-state index >= 15 is 0 Å². The van der Waals surface area contributed by atoms with Crippen LogP contribution in [0.3, 0.4) is 0 Å². The number of hydrogen-bond acceptors (Lipinski definition) is 3. The molecule has 0 amide bonds. The molecule has 1 aliphatic rings. The SMILES string of the molecule is C=C(NC)SC(=C(C)C)c1cc(CC)c(C(=C)CCC2CC2)c(C)n1. The fraction of sp³-hybridized carbons (Fsp3) is 0.500. The highest BCUT2D eigenvalue weighted by Crippen LogP contribution is 2.38. The Kier molecular flexibility index (Phi) is 6.95. The molecule has 0 aromatic carbocycles. The van der Waals surface area contributed by atoms with E-state index in [1.165, 1.54) is 46.4 Å². The number of aromatic nitrogens is 1. The molecule has 1 heterocycles. The van der Waals surface area contributed by atoms with Crippen LogP contribution in [0.1, 0.15) is 69.0 Å². The quantitative estimate of drug-likeness (QED) is 0.559. The van der Waals surface area contributed by atoms with Gasteiger partial charge in [-0.3, -0.25) is 4.98 Å². The number of nitrogens with one attached hydrogen (secondary N) is 1. The van der Waals surface area contributed by atoms with Gasteiger partial charge < -0.3 is 5.32 Å². The van der Waals surface area contributed by atoms with Crippen molar-refractivity contribution >= 4 is 22.2 Å². The maximum atomic E-state index is 4.95. The second kappa shape index (κ2) is 8.75. The van der Waals surface area contributed by atoms with Crippen LogP contribution in [0.4, 0.5) is 0 Å². The molecule has 0 saturated heterocycles. The molecular weight excluding hydrogens is 324 g/mol. The predicted octanol–water partition coefficient (Wildman–Crippen LogP) is 6.33.